The van der Waals surface area contributed by atoms with Crippen molar-refractivity contribution in [3.8, 4) is 11.1 Å². The Kier molecular flexibility index (Phi) is 11.0. The summed E-state index contributed by atoms with van der Waals surface area (Å²) in [5, 5.41) is 14.2. The van der Waals surface area contributed by atoms with Gasteiger partial charge in [0.2, 0.25) is 17.6 Å². The largest absolute Gasteiger partial charge is 0.480 e. The van der Waals surface area contributed by atoms with E-state index in [1.165, 1.54) is 18.2 Å². The van der Waals surface area contributed by atoms with Crippen molar-refractivity contribution in [1.82, 2.24) is 25.5 Å². The van der Waals surface area contributed by atoms with Crippen LogP contribution in [0.2, 0.25) is 0 Å². The number of hydrogen-bond donors (Lipinski definition) is 4. The number of carbonyl (C=O) groups is 4. The molecule has 2 aliphatic rings. The molecule has 0 radical (unpaired) electrons. The number of aliphatic carboxylic acids is 1. The molecule has 246 valence electrons. The van der Waals surface area contributed by atoms with Crippen LogP contribution in [0, 0.1) is 0 Å². The highest BCUT2D eigenvalue weighted by Crippen LogP contribution is 2.28. The first-order valence-electron chi connectivity index (χ1n) is 13.7. The number of hydrogen-bond acceptors (Lipinski definition) is 8. The second-order valence-corrected chi connectivity index (χ2v) is 11.4. The lowest BCUT2D eigenvalue weighted by Crippen LogP contribution is -2.43. The molecule has 0 saturated carbocycles. The molecule has 12 nitrogen and oxygen atoms in total. The SMILES string of the molecule is CC(C)(C)OC(=O)N1C[C@H](F)C[C@H]1C(=O)O.NC(=O)c1ccc(-c2cnc(C(F)(F)F)nc2)cc1CNC(=O)[C@@H]1C[C@@H](F)CN1. The number of primary amides is 1. The summed E-state index contributed by atoms with van der Waals surface area (Å²) in [6.45, 7) is 4.82. The molecule has 1 aromatic heterocycles. The predicted molar refractivity (Wildman–Crippen MR) is 148 cm³/mol. The molecule has 2 fully saturated rings. The van der Waals surface area contributed by atoms with Crippen LogP contribution in [0.25, 0.3) is 11.1 Å². The van der Waals surface area contributed by atoms with E-state index in [9.17, 15) is 41.1 Å². The minimum Gasteiger partial charge on any atom is -0.480 e. The number of carbonyl (C=O) groups excluding carboxylic acids is 3. The van der Waals surface area contributed by atoms with E-state index in [1.807, 2.05) is 0 Å². The van der Waals surface area contributed by atoms with Crippen LogP contribution in [0.3, 0.4) is 0 Å². The van der Waals surface area contributed by atoms with E-state index >= 15 is 0 Å². The second-order valence-electron chi connectivity index (χ2n) is 11.4. The van der Waals surface area contributed by atoms with Gasteiger partial charge >= 0.3 is 18.2 Å². The zero-order valence-electron chi connectivity index (χ0n) is 24.5. The van der Waals surface area contributed by atoms with Gasteiger partial charge in [-0.1, -0.05) is 6.07 Å². The summed E-state index contributed by atoms with van der Waals surface area (Å²) < 4.78 is 69.1. The lowest BCUT2D eigenvalue weighted by Gasteiger charge is -2.26. The number of nitrogens with one attached hydrogen (secondary N) is 2. The fourth-order valence-corrected chi connectivity index (χ4v) is 4.52. The Morgan fingerprint density at radius 1 is 1.07 bits per heavy atom. The van der Waals surface area contributed by atoms with E-state index in [0.29, 0.717) is 16.7 Å². The average Bonchev–Trinajstić information content (AvgIpc) is 3.56. The molecule has 1 aromatic carbocycles. The molecule has 3 heterocycles. The normalized spacial score (nSPS) is 21.5. The number of amides is 3. The van der Waals surface area contributed by atoms with E-state index in [-0.39, 0.29) is 38.0 Å². The van der Waals surface area contributed by atoms with E-state index in [2.05, 4.69) is 20.6 Å². The van der Waals surface area contributed by atoms with Crippen LogP contribution >= 0.6 is 0 Å². The Balaban J connectivity index is 0.000000292. The van der Waals surface area contributed by atoms with E-state index in [1.54, 1.807) is 20.8 Å². The van der Waals surface area contributed by atoms with Crippen molar-refractivity contribution in [3.05, 3.63) is 47.5 Å². The fraction of sp³-hybridized carbons (Fsp3) is 0.500. The average molecular weight is 645 g/mol. The quantitative estimate of drug-likeness (QED) is 0.345. The lowest BCUT2D eigenvalue weighted by molar-refractivity contribution is -0.145. The Hall–Kier alpha value is -4.41. The molecule has 0 unspecified atom stereocenters. The van der Waals surface area contributed by atoms with Crippen LogP contribution in [0.5, 0.6) is 0 Å². The molecule has 3 amide bonds. The Labute approximate surface area is 254 Å². The summed E-state index contributed by atoms with van der Waals surface area (Å²) in [6, 6.07) is 2.61. The molecular weight excluding hydrogens is 611 g/mol. The van der Waals surface area contributed by atoms with E-state index in [4.69, 9.17) is 15.6 Å². The topological polar surface area (TPSA) is 177 Å². The summed E-state index contributed by atoms with van der Waals surface area (Å²) in [4.78, 5) is 53.8. The third-order valence-electron chi connectivity index (χ3n) is 6.62. The Morgan fingerprint density at radius 3 is 2.22 bits per heavy atom. The number of rotatable bonds is 6. The van der Waals surface area contributed by atoms with Crippen molar-refractivity contribution in [1.29, 1.82) is 0 Å². The number of aromatic nitrogens is 2. The van der Waals surface area contributed by atoms with Gasteiger partial charge in [0.25, 0.3) is 0 Å². The molecule has 5 N–H and O–H groups in total. The summed E-state index contributed by atoms with van der Waals surface area (Å²) in [6.07, 6.45) is -5.92. The number of carboxylic acid groups (broad SMARTS) is 1. The zero-order chi connectivity index (χ0) is 33.7. The van der Waals surface area contributed by atoms with Gasteiger partial charge in [0.05, 0.1) is 12.6 Å². The number of alkyl halides is 5. The van der Waals surface area contributed by atoms with Crippen molar-refractivity contribution in [2.75, 3.05) is 13.1 Å². The zero-order valence-corrected chi connectivity index (χ0v) is 24.5. The highest BCUT2D eigenvalue weighted by Gasteiger charge is 2.41. The summed E-state index contributed by atoms with van der Waals surface area (Å²) in [7, 11) is 0. The summed E-state index contributed by atoms with van der Waals surface area (Å²) in [5.41, 5.74) is 5.87. The van der Waals surface area contributed by atoms with E-state index < -0.39 is 65.9 Å². The molecule has 0 aliphatic carbocycles. The maximum absolute atomic E-state index is 13.2. The minimum atomic E-state index is -4.66. The molecule has 2 aliphatic heterocycles. The van der Waals surface area contributed by atoms with Crippen LogP contribution in [0.4, 0.5) is 26.7 Å². The smallest absolute Gasteiger partial charge is 0.451 e. The van der Waals surface area contributed by atoms with Crippen molar-refractivity contribution >= 4 is 23.9 Å². The highest BCUT2D eigenvalue weighted by atomic mass is 19.4. The van der Waals surface area contributed by atoms with Gasteiger partial charge in [0, 0.05) is 49.5 Å². The van der Waals surface area contributed by atoms with E-state index in [0.717, 1.165) is 17.3 Å². The molecule has 2 aromatic rings. The number of ether oxygens (including phenoxy) is 1. The maximum Gasteiger partial charge on any atom is 0.451 e. The molecule has 2 saturated heterocycles. The van der Waals surface area contributed by atoms with Gasteiger partial charge in [0.15, 0.2) is 0 Å². The third-order valence-corrected chi connectivity index (χ3v) is 6.62. The Morgan fingerprint density at radius 2 is 1.71 bits per heavy atom. The standard InChI is InChI=1S/C18H17F4N5O2.C10H16FNO4/c19-12-4-14(24-8-12)16(29)25-5-10-3-9(1-2-13(10)15(23)28)11-6-26-17(27-7-11)18(20,21)22;1-10(2,3)16-9(15)12-5-6(11)4-7(12)8(13)14/h1-3,6-7,12,14,24H,4-5,8H2,(H2,23,28)(H,25,29);6-7H,4-5H2,1-3H3,(H,13,14)/t12-,14+;6-,7+/m11/s1. The fourth-order valence-electron chi connectivity index (χ4n) is 4.52. The van der Waals surface area contributed by atoms with Gasteiger partial charge in [0.1, 0.15) is 24.0 Å². The number of halogens is 5. The van der Waals surface area contributed by atoms with Crippen LogP contribution in [0.1, 0.15) is 55.4 Å². The van der Waals surface area contributed by atoms with Gasteiger partial charge in [-0.25, -0.2) is 28.3 Å². The number of benzene rings is 1. The van der Waals surface area contributed by atoms with Crippen LogP contribution in [-0.4, -0.2) is 87.0 Å². The predicted octanol–water partition coefficient (Wildman–Crippen LogP) is 3.00. The van der Waals surface area contributed by atoms with Gasteiger partial charge < -0.3 is 26.2 Å². The Bertz CT molecular complexity index is 1400. The monoisotopic (exact) mass is 644 g/mol. The summed E-state index contributed by atoms with van der Waals surface area (Å²) >= 11 is 0. The van der Waals surface area contributed by atoms with Gasteiger partial charge in [-0.2, -0.15) is 13.2 Å². The van der Waals surface area contributed by atoms with Crippen molar-refractivity contribution < 1.29 is 51.0 Å². The number of likely N-dealkylation sites (tertiary alicyclic amines) is 1. The minimum absolute atomic E-state index is 0.0530. The molecule has 17 heteroatoms. The molecular formula is C28H33F5N6O6. The summed E-state index contributed by atoms with van der Waals surface area (Å²) in [5.74, 6) is -3.63. The van der Waals surface area contributed by atoms with Crippen LogP contribution < -0.4 is 16.4 Å². The molecule has 0 bridgehead atoms. The first-order chi connectivity index (χ1) is 20.9. The highest BCUT2D eigenvalue weighted by molar-refractivity contribution is 5.95. The first kappa shape index (κ1) is 35.1. The number of nitrogens with two attached hydrogens (primary N) is 1. The molecule has 0 spiro atoms. The number of carboxylic acids is 1. The first-order valence-corrected chi connectivity index (χ1v) is 13.7. The van der Waals surface area contributed by atoms with Gasteiger partial charge in [-0.3, -0.25) is 14.5 Å². The van der Waals surface area contributed by atoms with Gasteiger partial charge in [-0.15, -0.1) is 0 Å². The molecule has 4 rings (SSSR count). The molecule has 4 atom stereocenters. The van der Waals surface area contributed by atoms with Gasteiger partial charge in [-0.05, 0) is 44.0 Å². The second kappa shape index (κ2) is 14.1. The number of nitrogens with zero attached hydrogens (tertiary/aromatic N) is 3. The van der Waals surface area contributed by atoms with Crippen molar-refractivity contribution in [2.24, 2.45) is 5.73 Å². The van der Waals surface area contributed by atoms with Crippen molar-refractivity contribution in [2.45, 2.75) is 76.4 Å². The lowest BCUT2D eigenvalue weighted by atomic mass is 10.00. The van der Waals surface area contributed by atoms with Crippen LogP contribution in [-0.2, 0) is 27.0 Å². The van der Waals surface area contributed by atoms with Crippen molar-refractivity contribution in [3.63, 3.8) is 0 Å². The molecule has 45 heavy (non-hydrogen) atoms. The third kappa shape index (κ3) is 9.79. The maximum atomic E-state index is 13.2. The van der Waals surface area contributed by atoms with Crippen LogP contribution in [0.15, 0.2) is 30.6 Å².